The molecule has 0 bridgehead atoms. The zero-order chi connectivity index (χ0) is 17.2. The Bertz CT molecular complexity index is 292. The van der Waals surface area contributed by atoms with Crippen LogP contribution in [0, 0.1) is 0 Å². The molecule has 0 saturated carbocycles. The molecule has 0 aliphatic rings. The van der Waals surface area contributed by atoms with Crippen molar-refractivity contribution in [3.8, 4) is 0 Å². The predicted octanol–water partition coefficient (Wildman–Crippen LogP) is 5.55. The van der Waals surface area contributed by atoms with E-state index in [1.807, 2.05) is 11.8 Å². The fraction of sp³-hybridized carbons (Fsp3) is 0.895. The van der Waals surface area contributed by atoms with Crippen LogP contribution in [0.4, 0.5) is 0 Å². The topological polar surface area (TPSA) is 43.4 Å². The summed E-state index contributed by atoms with van der Waals surface area (Å²) in [4.78, 5) is 23.2. The molecule has 0 saturated heterocycles. The third-order valence-corrected chi connectivity index (χ3v) is 4.78. The molecular weight excluding hydrogens is 308 g/mol. The molecule has 0 spiro atoms. The van der Waals surface area contributed by atoms with Crippen LogP contribution in [0.1, 0.15) is 90.9 Å². The number of carbonyl (C=O) groups is 2. The lowest BCUT2D eigenvalue weighted by molar-refractivity contribution is -0.144. The minimum Gasteiger partial charge on any atom is -0.466 e. The molecule has 0 radical (unpaired) electrons. The lowest BCUT2D eigenvalue weighted by Crippen LogP contribution is -2.07. The zero-order valence-corrected chi connectivity index (χ0v) is 16.1. The van der Waals surface area contributed by atoms with E-state index in [1.165, 1.54) is 32.1 Å². The lowest BCUT2D eigenvalue weighted by atomic mass is 10.1. The normalized spacial score (nSPS) is 10.7. The van der Waals surface area contributed by atoms with E-state index in [0.29, 0.717) is 38.1 Å². The fourth-order valence-electron chi connectivity index (χ4n) is 2.39. The third-order valence-electron chi connectivity index (χ3n) is 3.80. The van der Waals surface area contributed by atoms with Gasteiger partial charge in [-0.05, 0) is 30.8 Å². The van der Waals surface area contributed by atoms with E-state index >= 15 is 0 Å². The first-order valence-electron chi connectivity index (χ1n) is 9.45. The highest BCUT2D eigenvalue weighted by molar-refractivity contribution is 7.99. The van der Waals surface area contributed by atoms with Crippen molar-refractivity contribution in [2.24, 2.45) is 0 Å². The number of unbranched alkanes of at least 4 members (excludes halogenated alkanes) is 6. The van der Waals surface area contributed by atoms with Gasteiger partial charge in [-0.3, -0.25) is 9.59 Å². The van der Waals surface area contributed by atoms with Crippen LogP contribution in [0.15, 0.2) is 0 Å². The molecule has 0 heterocycles. The quantitative estimate of drug-likeness (QED) is 0.256. The molecule has 0 aliphatic heterocycles. The summed E-state index contributed by atoms with van der Waals surface area (Å²) in [7, 11) is 0. The molecule has 0 aromatic heterocycles. The second kappa shape index (κ2) is 17.8. The van der Waals surface area contributed by atoms with Gasteiger partial charge in [0, 0.05) is 19.3 Å². The van der Waals surface area contributed by atoms with Crippen molar-refractivity contribution in [2.45, 2.75) is 90.9 Å². The van der Waals surface area contributed by atoms with Crippen LogP contribution >= 0.6 is 11.8 Å². The van der Waals surface area contributed by atoms with Crippen LogP contribution in [0.25, 0.3) is 0 Å². The average molecular weight is 345 g/mol. The summed E-state index contributed by atoms with van der Waals surface area (Å²) in [6, 6.07) is 0. The highest BCUT2D eigenvalue weighted by Gasteiger charge is 2.05. The van der Waals surface area contributed by atoms with Gasteiger partial charge >= 0.3 is 5.97 Å². The highest BCUT2D eigenvalue weighted by atomic mass is 32.2. The van der Waals surface area contributed by atoms with Gasteiger partial charge in [0.05, 0.1) is 6.61 Å². The standard InChI is InChI=1S/C19H36O3S/c1-3-5-6-7-8-9-10-15-19(21)22-16-11-13-18(20)14-12-17-23-4-2/h3-17H2,1-2H3. The van der Waals surface area contributed by atoms with Gasteiger partial charge in [-0.25, -0.2) is 0 Å². The average Bonchev–Trinajstić information content (AvgIpc) is 2.55. The summed E-state index contributed by atoms with van der Waals surface area (Å²) < 4.78 is 5.19. The number of esters is 1. The number of hydrogen-bond donors (Lipinski definition) is 0. The molecule has 0 unspecified atom stereocenters. The number of hydrogen-bond acceptors (Lipinski definition) is 4. The van der Waals surface area contributed by atoms with Gasteiger partial charge in [0.15, 0.2) is 0 Å². The van der Waals surface area contributed by atoms with Gasteiger partial charge < -0.3 is 4.74 Å². The predicted molar refractivity (Wildman–Crippen MR) is 100 cm³/mol. The SMILES string of the molecule is CCCCCCCCCC(=O)OCCCC(=O)CCCSCC. The number of carbonyl (C=O) groups excluding carboxylic acids is 2. The summed E-state index contributed by atoms with van der Waals surface area (Å²) in [5.74, 6) is 2.37. The molecule has 0 N–H and O–H groups in total. The Morgan fingerprint density at radius 3 is 2.13 bits per heavy atom. The van der Waals surface area contributed by atoms with Crippen molar-refractivity contribution in [1.82, 2.24) is 0 Å². The van der Waals surface area contributed by atoms with E-state index in [4.69, 9.17) is 4.74 Å². The van der Waals surface area contributed by atoms with Gasteiger partial charge in [-0.1, -0.05) is 52.4 Å². The molecule has 136 valence electrons. The molecule has 0 aliphatic carbocycles. The largest absolute Gasteiger partial charge is 0.466 e. The fourth-order valence-corrected chi connectivity index (χ4v) is 3.03. The van der Waals surface area contributed by atoms with E-state index in [-0.39, 0.29) is 5.97 Å². The van der Waals surface area contributed by atoms with Gasteiger partial charge in [0.25, 0.3) is 0 Å². The first kappa shape index (κ1) is 22.5. The Kier molecular flexibility index (Phi) is 17.4. The molecule has 0 amide bonds. The first-order chi connectivity index (χ1) is 11.2. The highest BCUT2D eigenvalue weighted by Crippen LogP contribution is 2.09. The van der Waals surface area contributed by atoms with Gasteiger partial charge in [-0.15, -0.1) is 0 Å². The van der Waals surface area contributed by atoms with Crippen molar-refractivity contribution in [3.63, 3.8) is 0 Å². The summed E-state index contributed by atoms with van der Waals surface area (Å²) in [5.41, 5.74) is 0. The number of rotatable bonds is 17. The molecular formula is C19H36O3S. The first-order valence-corrected chi connectivity index (χ1v) is 10.6. The molecule has 4 heteroatoms. The summed E-state index contributed by atoms with van der Waals surface area (Å²) in [5, 5.41) is 0. The van der Waals surface area contributed by atoms with E-state index in [9.17, 15) is 9.59 Å². The summed E-state index contributed by atoms with van der Waals surface area (Å²) in [6.45, 7) is 4.74. The summed E-state index contributed by atoms with van der Waals surface area (Å²) in [6.07, 6.45) is 11.8. The Morgan fingerprint density at radius 1 is 0.783 bits per heavy atom. The third kappa shape index (κ3) is 17.7. The van der Waals surface area contributed by atoms with Crippen LogP contribution in [-0.2, 0) is 14.3 Å². The minimum absolute atomic E-state index is 0.106. The van der Waals surface area contributed by atoms with Crippen LogP contribution in [0.3, 0.4) is 0 Å². The molecule has 23 heavy (non-hydrogen) atoms. The lowest BCUT2D eigenvalue weighted by Gasteiger charge is -2.05. The Hall–Kier alpha value is -0.510. The number of Topliss-reactive ketones (excluding diaryl/α,β-unsaturated/α-hetero) is 1. The van der Waals surface area contributed by atoms with Crippen molar-refractivity contribution >= 4 is 23.5 Å². The van der Waals surface area contributed by atoms with E-state index in [1.54, 1.807) is 0 Å². The number of ether oxygens (including phenoxy) is 1. The molecule has 0 aromatic rings. The maximum Gasteiger partial charge on any atom is 0.305 e. The van der Waals surface area contributed by atoms with E-state index in [2.05, 4.69) is 13.8 Å². The Labute approximate surface area is 147 Å². The van der Waals surface area contributed by atoms with Crippen molar-refractivity contribution in [3.05, 3.63) is 0 Å². The molecule has 0 fully saturated rings. The minimum atomic E-state index is -0.106. The van der Waals surface area contributed by atoms with Gasteiger partial charge in [0.2, 0.25) is 0 Å². The zero-order valence-electron chi connectivity index (χ0n) is 15.2. The monoisotopic (exact) mass is 344 g/mol. The Balaban J connectivity index is 3.31. The molecule has 3 nitrogen and oxygen atoms in total. The second-order valence-corrected chi connectivity index (χ2v) is 7.43. The maximum atomic E-state index is 11.6. The number of ketones is 1. The molecule has 0 aromatic carbocycles. The maximum absolute atomic E-state index is 11.6. The molecule has 0 atom stereocenters. The van der Waals surface area contributed by atoms with E-state index < -0.39 is 0 Å². The van der Waals surface area contributed by atoms with Crippen LogP contribution in [-0.4, -0.2) is 29.9 Å². The van der Waals surface area contributed by atoms with Crippen LogP contribution in [0.2, 0.25) is 0 Å². The van der Waals surface area contributed by atoms with Crippen LogP contribution < -0.4 is 0 Å². The van der Waals surface area contributed by atoms with Crippen LogP contribution in [0.5, 0.6) is 0 Å². The smallest absolute Gasteiger partial charge is 0.305 e. The number of thioether (sulfide) groups is 1. The van der Waals surface area contributed by atoms with Crippen molar-refractivity contribution in [2.75, 3.05) is 18.1 Å². The van der Waals surface area contributed by atoms with Gasteiger partial charge in [0.1, 0.15) is 5.78 Å². The van der Waals surface area contributed by atoms with Crippen molar-refractivity contribution in [1.29, 1.82) is 0 Å². The molecule has 0 rings (SSSR count). The van der Waals surface area contributed by atoms with Crippen molar-refractivity contribution < 1.29 is 14.3 Å². The summed E-state index contributed by atoms with van der Waals surface area (Å²) >= 11 is 1.88. The second-order valence-electron chi connectivity index (χ2n) is 6.03. The Morgan fingerprint density at radius 2 is 1.43 bits per heavy atom. The van der Waals surface area contributed by atoms with Gasteiger partial charge in [-0.2, -0.15) is 11.8 Å². The van der Waals surface area contributed by atoms with E-state index in [0.717, 1.165) is 30.8 Å².